The molecule has 2 unspecified atom stereocenters. The van der Waals surface area contributed by atoms with Crippen LogP contribution in [0.5, 0.6) is 11.5 Å². The number of hydrogen-bond donors (Lipinski definition) is 2. The molecule has 0 amide bonds. The van der Waals surface area contributed by atoms with E-state index in [2.05, 4.69) is 64.4 Å². The maximum Gasteiger partial charge on any atom is 0.191 e. The zero-order chi connectivity index (χ0) is 20.5. The topological polar surface area (TPSA) is 58.1 Å². The number of methoxy groups -OCH3 is 2. The molecule has 2 atom stereocenters. The molecule has 0 aliphatic carbocycles. The van der Waals surface area contributed by atoms with Gasteiger partial charge in [0.05, 0.1) is 20.3 Å². The van der Waals surface area contributed by atoms with Crippen molar-refractivity contribution in [3.05, 3.63) is 46.2 Å². The third-order valence-electron chi connectivity index (χ3n) is 4.79. The number of aliphatic imine (C=N–C) groups is 1. The van der Waals surface area contributed by atoms with Crippen LogP contribution in [0.1, 0.15) is 30.0 Å². The van der Waals surface area contributed by atoms with Gasteiger partial charge in [0.15, 0.2) is 17.5 Å². The molecule has 0 bridgehead atoms. The molecule has 0 fully saturated rings. The molecule has 1 aromatic carbocycles. The Bertz CT molecular complexity index is 753. The van der Waals surface area contributed by atoms with Gasteiger partial charge in [-0.1, -0.05) is 13.0 Å². The van der Waals surface area contributed by atoms with Crippen molar-refractivity contribution in [1.29, 1.82) is 0 Å². The van der Waals surface area contributed by atoms with Gasteiger partial charge in [-0.25, -0.2) is 0 Å². The van der Waals surface area contributed by atoms with Crippen molar-refractivity contribution in [2.75, 3.05) is 48.5 Å². The molecular formula is C21H33IN4O2S. The van der Waals surface area contributed by atoms with E-state index < -0.39 is 0 Å². The maximum absolute atomic E-state index is 5.45. The molecule has 8 heteroatoms. The SMILES string of the molecule is CN=C(NCC(C)c1ccsc1)NCC(c1ccc(OC)c(OC)c1)N(C)C.I. The fourth-order valence-corrected chi connectivity index (χ4v) is 3.78. The lowest BCUT2D eigenvalue weighted by Gasteiger charge is -2.27. The predicted molar refractivity (Wildman–Crippen MR) is 133 cm³/mol. The standard InChI is InChI=1S/C21H32N4O2S.HI/c1-15(17-9-10-28-14-17)12-23-21(22-2)24-13-18(25(3)4)16-7-8-19(26-5)20(11-16)27-6;/h7-11,14-15,18H,12-13H2,1-6H3,(H2,22,23,24);1H. The number of rotatable bonds is 9. The van der Waals surface area contributed by atoms with E-state index in [1.807, 2.05) is 12.1 Å². The van der Waals surface area contributed by atoms with Crippen LogP contribution in [0.3, 0.4) is 0 Å². The predicted octanol–water partition coefficient (Wildman–Crippen LogP) is 3.95. The highest BCUT2D eigenvalue weighted by atomic mass is 127. The molecule has 2 N–H and O–H groups in total. The summed E-state index contributed by atoms with van der Waals surface area (Å²) in [5, 5.41) is 11.2. The van der Waals surface area contributed by atoms with Crippen LogP contribution >= 0.6 is 35.3 Å². The molecule has 2 aromatic rings. The third kappa shape index (κ3) is 7.35. The van der Waals surface area contributed by atoms with Crippen molar-refractivity contribution in [3.63, 3.8) is 0 Å². The molecule has 0 spiro atoms. The first kappa shape index (κ1) is 25.5. The molecule has 2 rings (SSSR count). The lowest BCUT2D eigenvalue weighted by Crippen LogP contribution is -2.42. The van der Waals surface area contributed by atoms with E-state index in [1.54, 1.807) is 32.6 Å². The van der Waals surface area contributed by atoms with Crippen LogP contribution in [0.2, 0.25) is 0 Å². The normalized spacial score (nSPS) is 13.4. The first-order valence-electron chi connectivity index (χ1n) is 9.35. The maximum atomic E-state index is 5.45. The van der Waals surface area contributed by atoms with Gasteiger partial charge in [-0.15, -0.1) is 24.0 Å². The minimum absolute atomic E-state index is 0. The number of thiophene rings is 1. The van der Waals surface area contributed by atoms with E-state index in [9.17, 15) is 0 Å². The smallest absolute Gasteiger partial charge is 0.191 e. The molecule has 0 radical (unpaired) electrons. The second kappa shape index (κ2) is 12.9. The Balaban J connectivity index is 0.00000420. The number of likely N-dealkylation sites (N-methyl/N-ethyl adjacent to an activating group) is 1. The fraction of sp³-hybridized carbons (Fsp3) is 0.476. The van der Waals surface area contributed by atoms with Crippen LogP contribution in [0.4, 0.5) is 0 Å². The molecule has 6 nitrogen and oxygen atoms in total. The largest absolute Gasteiger partial charge is 0.493 e. The summed E-state index contributed by atoms with van der Waals surface area (Å²) in [6.45, 7) is 3.77. The van der Waals surface area contributed by atoms with Crippen molar-refractivity contribution in [3.8, 4) is 11.5 Å². The lowest BCUT2D eigenvalue weighted by atomic mass is 10.0. The van der Waals surface area contributed by atoms with Crippen LogP contribution < -0.4 is 20.1 Å². The molecule has 0 saturated heterocycles. The number of benzene rings is 1. The summed E-state index contributed by atoms with van der Waals surface area (Å²) in [6, 6.07) is 8.38. The number of nitrogens with one attached hydrogen (secondary N) is 2. The lowest BCUT2D eigenvalue weighted by molar-refractivity contribution is 0.295. The Morgan fingerprint density at radius 1 is 1.07 bits per heavy atom. The number of ether oxygens (including phenoxy) is 2. The molecule has 1 aromatic heterocycles. The average Bonchev–Trinajstić information content (AvgIpc) is 3.24. The first-order chi connectivity index (χ1) is 13.5. The summed E-state index contributed by atoms with van der Waals surface area (Å²) in [5.41, 5.74) is 2.50. The van der Waals surface area contributed by atoms with Gasteiger partial charge in [-0.05, 0) is 60.1 Å². The highest BCUT2D eigenvalue weighted by molar-refractivity contribution is 14.0. The van der Waals surface area contributed by atoms with Crippen LogP contribution in [0, 0.1) is 0 Å². The Kier molecular flexibility index (Phi) is 11.4. The zero-order valence-electron chi connectivity index (χ0n) is 18.1. The number of guanidine groups is 1. The van der Waals surface area contributed by atoms with Gasteiger partial charge >= 0.3 is 0 Å². The van der Waals surface area contributed by atoms with E-state index in [4.69, 9.17) is 9.47 Å². The van der Waals surface area contributed by atoms with Crippen LogP contribution in [-0.4, -0.2) is 59.3 Å². The average molecular weight is 532 g/mol. The molecule has 162 valence electrons. The zero-order valence-corrected chi connectivity index (χ0v) is 21.2. The Morgan fingerprint density at radius 2 is 1.76 bits per heavy atom. The summed E-state index contributed by atoms with van der Waals surface area (Å²) < 4.78 is 10.8. The number of halogens is 1. The van der Waals surface area contributed by atoms with Gasteiger partial charge in [0.25, 0.3) is 0 Å². The van der Waals surface area contributed by atoms with E-state index in [0.717, 1.165) is 36.1 Å². The van der Waals surface area contributed by atoms with Gasteiger partial charge in [0.1, 0.15) is 0 Å². The second-order valence-corrected chi connectivity index (χ2v) is 7.67. The fourth-order valence-electron chi connectivity index (χ4n) is 3.00. The Hall–Kier alpha value is -1.52. The van der Waals surface area contributed by atoms with E-state index in [-0.39, 0.29) is 30.0 Å². The molecule has 1 heterocycles. The van der Waals surface area contributed by atoms with Crippen LogP contribution in [0.15, 0.2) is 40.0 Å². The van der Waals surface area contributed by atoms with E-state index >= 15 is 0 Å². The van der Waals surface area contributed by atoms with Crippen molar-refractivity contribution >= 4 is 41.3 Å². The van der Waals surface area contributed by atoms with Gasteiger partial charge in [0.2, 0.25) is 0 Å². The van der Waals surface area contributed by atoms with E-state index in [1.165, 1.54) is 5.56 Å². The van der Waals surface area contributed by atoms with Crippen molar-refractivity contribution in [2.45, 2.75) is 18.9 Å². The molecular weight excluding hydrogens is 499 g/mol. The van der Waals surface area contributed by atoms with Gasteiger partial charge in [-0.3, -0.25) is 4.99 Å². The molecule has 0 aliphatic rings. The third-order valence-corrected chi connectivity index (χ3v) is 5.49. The monoisotopic (exact) mass is 532 g/mol. The first-order valence-corrected chi connectivity index (χ1v) is 10.3. The quantitative estimate of drug-likeness (QED) is 0.291. The van der Waals surface area contributed by atoms with Crippen LogP contribution in [0.25, 0.3) is 0 Å². The van der Waals surface area contributed by atoms with Gasteiger partial charge in [0, 0.05) is 20.1 Å². The van der Waals surface area contributed by atoms with Gasteiger partial charge < -0.3 is 25.0 Å². The highest BCUT2D eigenvalue weighted by Crippen LogP contribution is 2.31. The van der Waals surface area contributed by atoms with Crippen LogP contribution in [-0.2, 0) is 0 Å². The molecule has 29 heavy (non-hydrogen) atoms. The summed E-state index contributed by atoms with van der Waals surface area (Å²) in [5.74, 6) is 2.70. The number of hydrogen-bond acceptors (Lipinski definition) is 5. The summed E-state index contributed by atoms with van der Waals surface area (Å²) >= 11 is 1.73. The van der Waals surface area contributed by atoms with Crippen molar-refractivity contribution in [1.82, 2.24) is 15.5 Å². The van der Waals surface area contributed by atoms with Crippen molar-refractivity contribution < 1.29 is 9.47 Å². The van der Waals surface area contributed by atoms with Gasteiger partial charge in [-0.2, -0.15) is 11.3 Å². The van der Waals surface area contributed by atoms with E-state index in [0.29, 0.717) is 5.92 Å². The highest BCUT2D eigenvalue weighted by Gasteiger charge is 2.17. The Morgan fingerprint density at radius 3 is 2.31 bits per heavy atom. The minimum Gasteiger partial charge on any atom is -0.493 e. The molecule has 0 saturated carbocycles. The minimum atomic E-state index is 0. The summed E-state index contributed by atoms with van der Waals surface area (Å²) in [7, 11) is 9.24. The summed E-state index contributed by atoms with van der Waals surface area (Å²) in [4.78, 5) is 6.54. The number of nitrogens with zero attached hydrogens (tertiary/aromatic N) is 2. The second-order valence-electron chi connectivity index (χ2n) is 6.89. The summed E-state index contributed by atoms with van der Waals surface area (Å²) in [6.07, 6.45) is 0. The molecule has 0 aliphatic heterocycles. The Labute approximate surface area is 195 Å². The van der Waals surface area contributed by atoms with Crippen molar-refractivity contribution in [2.24, 2.45) is 4.99 Å².